The molecule has 0 saturated heterocycles. The average Bonchev–Trinajstić information content (AvgIpc) is 2.48. The molecule has 0 bridgehead atoms. The first-order chi connectivity index (χ1) is 11.2. The van der Waals surface area contributed by atoms with Gasteiger partial charge in [0, 0.05) is 12.1 Å². The fourth-order valence-corrected chi connectivity index (χ4v) is 3.02. The molecular weight excluding hydrogens is 331 g/mol. The van der Waals surface area contributed by atoms with Crippen LogP contribution in [0.25, 0.3) is 0 Å². The van der Waals surface area contributed by atoms with Crippen molar-refractivity contribution in [3.63, 3.8) is 0 Å². The van der Waals surface area contributed by atoms with E-state index < -0.39 is 21.9 Å². The zero-order valence-electron chi connectivity index (χ0n) is 13.4. The lowest BCUT2D eigenvalue weighted by atomic mass is 10.0. The van der Waals surface area contributed by atoms with Crippen molar-refractivity contribution < 1.29 is 17.6 Å². The summed E-state index contributed by atoms with van der Waals surface area (Å²) in [7, 11) is -3.53. The quantitative estimate of drug-likeness (QED) is 0.841. The first kappa shape index (κ1) is 18.1. The van der Waals surface area contributed by atoms with Crippen LogP contribution in [0.1, 0.15) is 23.6 Å². The normalized spacial score (nSPS) is 12.6. The highest BCUT2D eigenvalue weighted by atomic mass is 32.2. The van der Waals surface area contributed by atoms with E-state index in [-0.39, 0.29) is 12.3 Å². The molecule has 0 heterocycles. The predicted molar refractivity (Wildman–Crippen MR) is 91.5 cm³/mol. The van der Waals surface area contributed by atoms with Gasteiger partial charge in [0.05, 0.1) is 12.3 Å². The van der Waals surface area contributed by atoms with Crippen molar-refractivity contribution in [3.8, 4) is 0 Å². The molecule has 24 heavy (non-hydrogen) atoms. The Labute approximate surface area is 141 Å². The fourth-order valence-electron chi connectivity index (χ4n) is 2.28. The molecule has 1 amide bonds. The van der Waals surface area contributed by atoms with Crippen LogP contribution < -0.4 is 10.0 Å². The molecule has 2 aromatic carbocycles. The van der Waals surface area contributed by atoms with Gasteiger partial charge in [-0.3, -0.25) is 4.79 Å². The summed E-state index contributed by atoms with van der Waals surface area (Å²) in [4.78, 5) is 12.3. The summed E-state index contributed by atoms with van der Waals surface area (Å²) < 4.78 is 38.6. The molecule has 0 aliphatic heterocycles. The van der Waals surface area contributed by atoms with E-state index in [1.54, 1.807) is 12.1 Å². The molecule has 2 aromatic rings. The smallest absolute Gasteiger partial charge is 0.226 e. The number of anilines is 1. The number of para-hydroxylation sites is 1. The van der Waals surface area contributed by atoms with Gasteiger partial charge >= 0.3 is 0 Å². The van der Waals surface area contributed by atoms with Crippen molar-refractivity contribution in [3.05, 3.63) is 65.5 Å². The topological polar surface area (TPSA) is 75.3 Å². The molecule has 7 heteroatoms. The molecule has 0 aliphatic carbocycles. The largest absolute Gasteiger partial charge is 0.326 e. The Kier molecular flexibility index (Phi) is 5.69. The lowest BCUT2D eigenvalue weighted by Gasteiger charge is -2.18. The molecule has 5 nitrogen and oxygen atoms in total. The molecule has 0 aromatic heterocycles. The minimum atomic E-state index is -3.53. The highest BCUT2D eigenvalue weighted by Gasteiger charge is 2.20. The van der Waals surface area contributed by atoms with Crippen LogP contribution in [0.15, 0.2) is 48.5 Å². The summed E-state index contributed by atoms with van der Waals surface area (Å²) in [6.45, 7) is 1.86. The minimum Gasteiger partial charge on any atom is -0.326 e. The van der Waals surface area contributed by atoms with Gasteiger partial charge in [-0.25, -0.2) is 17.5 Å². The van der Waals surface area contributed by atoms with Gasteiger partial charge in [0.1, 0.15) is 5.82 Å². The van der Waals surface area contributed by atoms with E-state index in [0.717, 1.165) is 11.8 Å². The van der Waals surface area contributed by atoms with Gasteiger partial charge in [0.2, 0.25) is 15.9 Å². The zero-order chi connectivity index (χ0) is 17.7. The van der Waals surface area contributed by atoms with E-state index in [9.17, 15) is 17.6 Å². The van der Waals surface area contributed by atoms with Crippen molar-refractivity contribution in [1.29, 1.82) is 0 Å². The van der Waals surface area contributed by atoms with Crippen molar-refractivity contribution in [1.82, 2.24) is 4.72 Å². The summed E-state index contributed by atoms with van der Waals surface area (Å²) in [5, 5.41) is 2.76. The standard InChI is InChI=1S/C17H19FN2O3S/c1-12-5-3-4-6-15(12)19-17(21)11-16(20-24(2,22)23)13-7-9-14(18)10-8-13/h3-10,16,20H,11H2,1-2H3,(H,19,21)/t16-/m1/s1. The molecule has 0 spiro atoms. The third-order valence-corrected chi connectivity index (χ3v) is 4.15. The van der Waals surface area contributed by atoms with Gasteiger partial charge in [0.15, 0.2) is 0 Å². The second kappa shape index (κ2) is 7.55. The van der Waals surface area contributed by atoms with Crippen LogP contribution in [0.2, 0.25) is 0 Å². The highest BCUT2D eigenvalue weighted by molar-refractivity contribution is 7.88. The summed E-state index contributed by atoms with van der Waals surface area (Å²) in [5.74, 6) is -0.768. The number of sulfonamides is 1. The van der Waals surface area contributed by atoms with Crippen LogP contribution in [0.3, 0.4) is 0 Å². The summed E-state index contributed by atoms with van der Waals surface area (Å²) in [5.41, 5.74) is 2.08. The SMILES string of the molecule is Cc1ccccc1NC(=O)C[C@@H](NS(C)(=O)=O)c1ccc(F)cc1. The van der Waals surface area contributed by atoms with Crippen LogP contribution in [-0.2, 0) is 14.8 Å². The molecule has 0 unspecified atom stereocenters. The first-order valence-electron chi connectivity index (χ1n) is 7.33. The summed E-state index contributed by atoms with van der Waals surface area (Å²) in [6.07, 6.45) is 0.913. The molecule has 1 atom stereocenters. The molecule has 2 rings (SSSR count). The zero-order valence-corrected chi connectivity index (χ0v) is 14.2. The van der Waals surface area contributed by atoms with Gasteiger partial charge in [-0.15, -0.1) is 0 Å². The second-order valence-electron chi connectivity index (χ2n) is 5.56. The Hall–Kier alpha value is -2.25. The van der Waals surface area contributed by atoms with Crippen molar-refractivity contribution in [2.24, 2.45) is 0 Å². The maximum atomic E-state index is 13.1. The number of nitrogens with one attached hydrogen (secondary N) is 2. The molecule has 128 valence electrons. The maximum absolute atomic E-state index is 13.1. The second-order valence-corrected chi connectivity index (χ2v) is 7.34. The highest BCUT2D eigenvalue weighted by Crippen LogP contribution is 2.20. The van der Waals surface area contributed by atoms with Crippen LogP contribution in [0.4, 0.5) is 10.1 Å². The van der Waals surface area contributed by atoms with E-state index in [1.807, 2.05) is 19.1 Å². The van der Waals surface area contributed by atoms with Crippen LogP contribution in [0, 0.1) is 12.7 Å². The van der Waals surface area contributed by atoms with Crippen LogP contribution in [0.5, 0.6) is 0 Å². The van der Waals surface area contributed by atoms with Crippen LogP contribution >= 0.6 is 0 Å². The van der Waals surface area contributed by atoms with Gasteiger partial charge in [-0.2, -0.15) is 0 Å². The van der Waals surface area contributed by atoms with E-state index in [1.165, 1.54) is 24.3 Å². The Morgan fingerprint density at radius 3 is 2.33 bits per heavy atom. The van der Waals surface area contributed by atoms with Crippen molar-refractivity contribution in [2.75, 3.05) is 11.6 Å². The van der Waals surface area contributed by atoms with E-state index >= 15 is 0 Å². The average molecular weight is 350 g/mol. The Morgan fingerprint density at radius 2 is 1.75 bits per heavy atom. The maximum Gasteiger partial charge on any atom is 0.226 e. The number of benzene rings is 2. The monoisotopic (exact) mass is 350 g/mol. The Balaban J connectivity index is 2.17. The van der Waals surface area contributed by atoms with Crippen molar-refractivity contribution in [2.45, 2.75) is 19.4 Å². The number of halogens is 1. The third kappa shape index (κ3) is 5.43. The number of carbonyl (C=O) groups is 1. The Morgan fingerprint density at radius 1 is 1.12 bits per heavy atom. The summed E-state index contributed by atoms with van der Waals surface area (Å²) >= 11 is 0. The van der Waals surface area contributed by atoms with Crippen molar-refractivity contribution >= 4 is 21.6 Å². The number of aryl methyl sites for hydroxylation is 1. The van der Waals surface area contributed by atoms with E-state index in [2.05, 4.69) is 10.0 Å². The van der Waals surface area contributed by atoms with Gasteiger partial charge in [-0.05, 0) is 36.2 Å². The predicted octanol–water partition coefficient (Wildman–Crippen LogP) is 2.75. The lowest BCUT2D eigenvalue weighted by molar-refractivity contribution is -0.116. The van der Waals surface area contributed by atoms with Gasteiger partial charge in [-0.1, -0.05) is 30.3 Å². The number of rotatable bonds is 6. The molecule has 0 saturated carbocycles. The number of hydrogen-bond acceptors (Lipinski definition) is 3. The minimum absolute atomic E-state index is 0.104. The van der Waals surface area contributed by atoms with E-state index in [0.29, 0.717) is 11.3 Å². The number of hydrogen-bond donors (Lipinski definition) is 2. The van der Waals surface area contributed by atoms with Gasteiger partial charge in [0.25, 0.3) is 0 Å². The van der Waals surface area contributed by atoms with Crippen LogP contribution in [-0.4, -0.2) is 20.6 Å². The Bertz CT molecular complexity index is 820. The van der Waals surface area contributed by atoms with E-state index in [4.69, 9.17) is 0 Å². The first-order valence-corrected chi connectivity index (χ1v) is 9.22. The molecular formula is C17H19FN2O3S. The summed E-state index contributed by atoms with van der Waals surface area (Å²) in [6, 6.07) is 11.9. The molecule has 0 radical (unpaired) electrons. The van der Waals surface area contributed by atoms with Gasteiger partial charge < -0.3 is 5.32 Å². The third-order valence-electron chi connectivity index (χ3n) is 3.44. The molecule has 2 N–H and O–H groups in total. The number of carbonyl (C=O) groups excluding carboxylic acids is 1. The number of amides is 1. The molecule has 0 aliphatic rings. The molecule has 0 fully saturated rings. The lowest BCUT2D eigenvalue weighted by Crippen LogP contribution is -2.30. The fraction of sp³-hybridized carbons (Fsp3) is 0.235.